The number of hydrogen-bond acceptors (Lipinski definition) is 5. The van der Waals surface area contributed by atoms with Gasteiger partial charge in [-0.15, -0.1) is 0 Å². The van der Waals surface area contributed by atoms with Crippen molar-refractivity contribution in [2.24, 2.45) is 4.99 Å². The number of likely N-dealkylation sites (N-methyl/N-ethyl adjacent to an activating group) is 1. The van der Waals surface area contributed by atoms with Crippen molar-refractivity contribution in [1.82, 2.24) is 9.88 Å². The molecule has 0 radical (unpaired) electrons. The second kappa shape index (κ2) is 7.56. The summed E-state index contributed by atoms with van der Waals surface area (Å²) in [5.74, 6) is 1.08. The van der Waals surface area contributed by atoms with Crippen molar-refractivity contribution >= 4 is 39.8 Å². The van der Waals surface area contributed by atoms with Gasteiger partial charge in [-0.3, -0.25) is 9.98 Å². The van der Waals surface area contributed by atoms with Crippen molar-refractivity contribution in [3.05, 3.63) is 64.4 Å². The second-order valence-electron chi connectivity index (χ2n) is 9.27. The van der Waals surface area contributed by atoms with E-state index in [0.717, 1.165) is 33.6 Å². The normalized spacial score (nSPS) is 26.5. The monoisotopic (exact) mass is 452 g/mol. The molecule has 0 amide bonds. The Bertz CT molecular complexity index is 1080. The predicted molar refractivity (Wildman–Crippen MR) is 133 cm³/mol. The molecular formula is C25H29ClN4S. The van der Waals surface area contributed by atoms with Crippen LogP contribution >= 0.6 is 23.4 Å². The van der Waals surface area contributed by atoms with Crippen LogP contribution in [0.5, 0.6) is 0 Å². The van der Waals surface area contributed by atoms with Gasteiger partial charge in [-0.05, 0) is 62.6 Å². The van der Waals surface area contributed by atoms with Crippen LogP contribution in [0.3, 0.4) is 0 Å². The molecule has 2 aromatic rings. The van der Waals surface area contributed by atoms with Crippen molar-refractivity contribution in [3.63, 3.8) is 0 Å². The number of aromatic nitrogens is 1. The zero-order valence-electron chi connectivity index (χ0n) is 18.8. The van der Waals surface area contributed by atoms with Crippen LogP contribution < -0.4 is 4.90 Å². The van der Waals surface area contributed by atoms with Crippen molar-refractivity contribution in [1.29, 1.82) is 0 Å². The van der Waals surface area contributed by atoms with Crippen LogP contribution in [0.25, 0.3) is 5.57 Å². The molecule has 1 fully saturated rings. The molecule has 0 aliphatic carbocycles. The highest BCUT2D eigenvalue weighted by molar-refractivity contribution is 8.14. The van der Waals surface area contributed by atoms with E-state index in [1.165, 1.54) is 16.8 Å². The molecule has 0 spiro atoms. The molecule has 1 aromatic heterocycles. The van der Waals surface area contributed by atoms with Gasteiger partial charge in [0.15, 0.2) is 5.17 Å². The van der Waals surface area contributed by atoms with E-state index >= 15 is 0 Å². The Hall–Kier alpha value is -1.98. The van der Waals surface area contributed by atoms with Crippen molar-refractivity contribution in [3.8, 4) is 0 Å². The first-order valence-corrected chi connectivity index (χ1v) is 12.3. The zero-order valence-corrected chi connectivity index (χ0v) is 20.3. The first-order chi connectivity index (χ1) is 14.8. The summed E-state index contributed by atoms with van der Waals surface area (Å²) in [6.07, 6.45) is 5.30. The fourth-order valence-electron chi connectivity index (χ4n) is 5.10. The molecule has 5 rings (SSSR count). The molecule has 162 valence electrons. The number of anilines is 1. The number of aliphatic imine (C=N–C) groups is 1. The van der Waals surface area contributed by atoms with Gasteiger partial charge < -0.3 is 9.80 Å². The minimum absolute atomic E-state index is 0.0407. The van der Waals surface area contributed by atoms with Crippen LogP contribution in [-0.4, -0.2) is 39.4 Å². The number of hydrogen-bond donors (Lipinski definition) is 0. The van der Waals surface area contributed by atoms with Gasteiger partial charge in [0, 0.05) is 41.3 Å². The quantitative estimate of drug-likeness (QED) is 0.543. The summed E-state index contributed by atoms with van der Waals surface area (Å²) < 4.78 is 0. The van der Waals surface area contributed by atoms with Gasteiger partial charge in [-0.1, -0.05) is 42.4 Å². The number of pyridine rings is 1. The average Bonchev–Trinajstić information content (AvgIpc) is 3.31. The molecule has 0 saturated carbocycles. The molecule has 0 unspecified atom stereocenters. The van der Waals surface area contributed by atoms with Gasteiger partial charge in [0.2, 0.25) is 0 Å². The summed E-state index contributed by atoms with van der Waals surface area (Å²) in [6, 6.07) is 11.0. The fraction of sp³-hybridized carbons (Fsp3) is 0.440. The molecule has 0 N–H and O–H groups in total. The summed E-state index contributed by atoms with van der Waals surface area (Å²) in [7, 11) is 2.15. The standard InChI is InChI=1S/C25H29ClN4S/c1-6-16-14-31-24-28-22(20-9-7-8-10-27-20)23(30(16)24)18-11-17-15(2)13-25(3,4)29(5)21(17)12-19(18)26/h7-13,16,22-23H,6,14H2,1-5H3/t16-,22-,23+/m0/s1. The van der Waals surface area contributed by atoms with Crippen molar-refractivity contribution in [2.75, 3.05) is 17.7 Å². The molecule has 6 heteroatoms. The summed E-state index contributed by atoms with van der Waals surface area (Å²) in [6.45, 7) is 8.95. The van der Waals surface area contributed by atoms with E-state index in [4.69, 9.17) is 16.6 Å². The SMILES string of the molecule is CC[C@H]1CSC2=N[C@@H](c3ccccn3)[C@@H](c3cc4c(cc3Cl)N(C)C(C)(C)C=C4C)N21. The number of fused-ring (bicyclic) bond motifs is 2. The third-order valence-electron chi connectivity index (χ3n) is 6.98. The van der Waals surface area contributed by atoms with Gasteiger partial charge >= 0.3 is 0 Å². The molecule has 4 nitrogen and oxygen atoms in total. The lowest BCUT2D eigenvalue weighted by atomic mass is 9.86. The van der Waals surface area contributed by atoms with E-state index in [-0.39, 0.29) is 17.6 Å². The molecule has 4 heterocycles. The lowest BCUT2D eigenvalue weighted by molar-refractivity contribution is 0.255. The smallest absolute Gasteiger partial charge is 0.160 e. The molecule has 31 heavy (non-hydrogen) atoms. The Balaban J connectivity index is 1.66. The third-order valence-corrected chi connectivity index (χ3v) is 8.44. The van der Waals surface area contributed by atoms with E-state index in [1.54, 1.807) is 0 Å². The largest absolute Gasteiger partial charge is 0.365 e. The Labute approximate surface area is 194 Å². The maximum atomic E-state index is 7.03. The summed E-state index contributed by atoms with van der Waals surface area (Å²) in [5.41, 5.74) is 5.86. The Morgan fingerprint density at radius 3 is 2.77 bits per heavy atom. The molecule has 3 aliphatic rings. The van der Waals surface area contributed by atoms with Gasteiger partial charge in [-0.25, -0.2) is 0 Å². The maximum absolute atomic E-state index is 7.03. The summed E-state index contributed by atoms with van der Waals surface area (Å²) in [4.78, 5) is 14.6. The van der Waals surface area contributed by atoms with Gasteiger partial charge in [-0.2, -0.15) is 0 Å². The number of benzene rings is 1. The van der Waals surface area contributed by atoms with Gasteiger partial charge in [0.05, 0.1) is 17.3 Å². The third kappa shape index (κ3) is 3.28. The fourth-order valence-corrected chi connectivity index (χ4v) is 6.71. The van der Waals surface area contributed by atoms with E-state index < -0.39 is 0 Å². The maximum Gasteiger partial charge on any atom is 0.160 e. The van der Waals surface area contributed by atoms with Crippen LogP contribution in [0.1, 0.15) is 63.0 Å². The van der Waals surface area contributed by atoms with Crippen LogP contribution in [0.4, 0.5) is 5.69 Å². The number of amidine groups is 1. The van der Waals surface area contributed by atoms with Crippen LogP contribution in [-0.2, 0) is 0 Å². The minimum atomic E-state index is -0.0457. The number of rotatable bonds is 3. The molecule has 0 bridgehead atoms. The van der Waals surface area contributed by atoms with Crippen molar-refractivity contribution < 1.29 is 0 Å². The van der Waals surface area contributed by atoms with E-state index in [9.17, 15) is 0 Å². The van der Waals surface area contributed by atoms with Crippen molar-refractivity contribution in [2.45, 2.75) is 57.8 Å². The highest BCUT2D eigenvalue weighted by Crippen LogP contribution is 2.51. The molecule has 3 atom stereocenters. The zero-order chi connectivity index (χ0) is 21.9. The highest BCUT2D eigenvalue weighted by atomic mass is 35.5. The molecule has 3 aliphatic heterocycles. The Morgan fingerprint density at radius 2 is 2.06 bits per heavy atom. The lowest BCUT2D eigenvalue weighted by Gasteiger charge is -2.41. The topological polar surface area (TPSA) is 31.7 Å². The number of nitrogens with zero attached hydrogens (tertiary/aromatic N) is 4. The van der Waals surface area contributed by atoms with E-state index in [2.05, 4.69) is 73.8 Å². The highest BCUT2D eigenvalue weighted by Gasteiger charge is 2.46. The van der Waals surface area contributed by atoms with E-state index in [1.807, 2.05) is 30.1 Å². The predicted octanol–water partition coefficient (Wildman–Crippen LogP) is 6.35. The lowest BCUT2D eigenvalue weighted by Crippen LogP contribution is -2.42. The Kier molecular flexibility index (Phi) is 5.10. The number of allylic oxidation sites excluding steroid dienone is 1. The van der Waals surface area contributed by atoms with Crippen LogP contribution in [0.15, 0.2) is 47.6 Å². The molecule has 1 aromatic carbocycles. The van der Waals surface area contributed by atoms with Crippen LogP contribution in [0.2, 0.25) is 5.02 Å². The minimum Gasteiger partial charge on any atom is -0.365 e. The summed E-state index contributed by atoms with van der Waals surface area (Å²) >= 11 is 8.89. The van der Waals surface area contributed by atoms with Gasteiger partial charge in [0.25, 0.3) is 0 Å². The first-order valence-electron chi connectivity index (χ1n) is 11.0. The second-order valence-corrected chi connectivity index (χ2v) is 10.7. The molecular weight excluding hydrogens is 424 g/mol. The number of thioether (sulfide) groups is 1. The average molecular weight is 453 g/mol. The van der Waals surface area contributed by atoms with E-state index in [0.29, 0.717) is 6.04 Å². The van der Waals surface area contributed by atoms with Gasteiger partial charge in [0.1, 0.15) is 6.04 Å². The van der Waals surface area contributed by atoms with Crippen LogP contribution in [0, 0.1) is 0 Å². The molecule has 1 saturated heterocycles. The number of halogens is 1. The first kappa shape index (κ1) is 20.9. The summed E-state index contributed by atoms with van der Waals surface area (Å²) in [5, 5.41) is 1.94. The Morgan fingerprint density at radius 1 is 1.26 bits per heavy atom.